The number of thioether (sulfide) groups is 1. The molecular formula is C14H27N3OS. The van der Waals surface area contributed by atoms with Crippen molar-refractivity contribution in [1.82, 2.24) is 15.1 Å². The maximum atomic E-state index is 12.3. The van der Waals surface area contributed by atoms with E-state index in [9.17, 15) is 4.79 Å². The van der Waals surface area contributed by atoms with E-state index in [0.29, 0.717) is 5.91 Å². The lowest BCUT2D eigenvalue weighted by Crippen LogP contribution is -2.44. The van der Waals surface area contributed by atoms with Gasteiger partial charge in [-0.25, -0.2) is 0 Å². The molecule has 0 aromatic carbocycles. The van der Waals surface area contributed by atoms with E-state index in [1.54, 1.807) is 0 Å². The Morgan fingerprint density at radius 2 is 2.00 bits per heavy atom. The van der Waals surface area contributed by atoms with Crippen LogP contribution in [0.4, 0.5) is 0 Å². The van der Waals surface area contributed by atoms with E-state index in [1.807, 2.05) is 11.8 Å². The summed E-state index contributed by atoms with van der Waals surface area (Å²) in [5.74, 6) is 2.79. The zero-order valence-electron chi connectivity index (χ0n) is 12.2. The van der Waals surface area contributed by atoms with Crippen LogP contribution in [0.15, 0.2) is 0 Å². The Hall–Kier alpha value is -0.260. The van der Waals surface area contributed by atoms with Crippen molar-refractivity contribution in [2.75, 3.05) is 37.7 Å². The lowest BCUT2D eigenvalue weighted by Gasteiger charge is -2.30. The fourth-order valence-corrected chi connectivity index (χ4v) is 3.87. The van der Waals surface area contributed by atoms with E-state index in [4.69, 9.17) is 0 Å². The Kier molecular flexibility index (Phi) is 5.98. The first kappa shape index (κ1) is 15.1. The average molecular weight is 285 g/mol. The number of carbonyl (C=O) groups excluding carboxylic acids is 1. The molecule has 2 rings (SSSR count). The van der Waals surface area contributed by atoms with Crippen molar-refractivity contribution >= 4 is 17.7 Å². The molecule has 110 valence electrons. The van der Waals surface area contributed by atoms with E-state index < -0.39 is 0 Å². The molecule has 0 saturated carbocycles. The lowest BCUT2D eigenvalue weighted by molar-refractivity contribution is -0.130. The van der Waals surface area contributed by atoms with Gasteiger partial charge < -0.3 is 4.90 Å². The highest BCUT2D eigenvalue weighted by molar-refractivity contribution is 7.99. The van der Waals surface area contributed by atoms with Gasteiger partial charge in [0.1, 0.15) is 0 Å². The van der Waals surface area contributed by atoms with Gasteiger partial charge in [0.15, 0.2) is 0 Å². The summed E-state index contributed by atoms with van der Waals surface area (Å²) in [6.45, 7) is 8.54. The van der Waals surface area contributed by atoms with Gasteiger partial charge in [-0.05, 0) is 12.8 Å². The van der Waals surface area contributed by atoms with Crippen molar-refractivity contribution in [3.05, 3.63) is 0 Å². The molecule has 1 N–H and O–H groups in total. The van der Waals surface area contributed by atoms with Gasteiger partial charge in [0, 0.05) is 37.7 Å². The van der Waals surface area contributed by atoms with Gasteiger partial charge in [-0.3, -0.25) is 15.0 Å². The largest absolute Gasteiger partial charge is 0.325 e. The molecule has 2 heterocycles. The van der Waals surface area contributed by atoms with Gasteiger partial charge in [-0.2, -0.15) is 11.8 Å². The summed E-state index contributed by atoms with van der Waals surface area (Å²) in [7, 11) is 0. The monoisotopic (exact) mass is 285 g/mol. The minimum absolute atomic E-state index is 0.0495. The Morgan fingerprint density at radius 3 is 2.63 bits per heavy atom. The number of hydrogen-bond acceptors (Lipinski definition) is 4. The SMILES string of the molecule is CCCC1NC(CC)C(=O)N1CCN1CCSCC1. The second kappa shape index (κ2) is 7.50. The zero-order chi connectivity index (χ0) is 13.7. The molecule has 0 bridgehead atoms. The third-order valence-corrected chi connectivity index (χ3v) is 5.02. The van der Waals surface area contributed by atoms with E-state index in [-0.39, 0.29) is 12.2 Å². The molecule has 0 aromatic heterocycles. The summed E-state index contributed by atoms with van der Waals surface area (Å²) in [6.07, 6.45) is 3.35. The number of rotatable bonds is 6. The van der Waals surface area contributed by atoms with Crippen LogP contribution in [0, 0.1) is 0 Å². The van der Waals surface area contributed by atoms with Crippen LogP contribution >= 0.6 is 11.8 Å². The van der Waals surface area contributed by atoms with E-state index in [0.717, 1.165) is 32.4 Å². The number of nitrogens with one attached hydrogen (secondary N) is 1. The predicted molar refractivity (Wildman–Crippen MR) is 81.4 cm³/mol. The number of hydrogen-bond donors (Lipinski definition) is 1. The first-order valence-corrected chi connectivity index (χ1v) is 8.78. The van der Waals surface area contributed by atoms with Crippen LogP contribution in [0.5, 0.6) is 0 Å². The van der Waals surface area contributed by atoms with Gasteiger partial charge in [-0.15, -0.1) is 0 Å². The van der Waals surface area contributed by atoms with E-state index in [1.165, 1.54) is 24.6 Å². The third kappa shape index (κ3) is 3.86. The van der Waals surface area contributed by atoms with E-state index in [2.05, 4.69) is 29.0 Å². The first-order chi connectivity index (χ1) is 9.26. The van der Waals surface area contributed by atoms with Gasteiger partial charge in [0.2, 0.25) is 5.91 Å². The van der Waals surface area contributed by atoms with Crippen molar-refractivity contribution in [3.8, 4) is 0 Å². The summed E-state index contributed by atoms with van der Waals surface area (Å²) in [5.41, 5.74) is 0. The van der Waals surface area contributed by atoms with Gasteiger partial charge in [-0.1, -0.05) is 20.3 Å². The third-order valence-electron chi connectivity index (χ3n) is 4.08. The highest BCUT2D eigenvalue weighted by Gasteiger charge is 2.36. The second-order valence-corrected chi connectivity index (χ2v) is 6.64. The molecule has 19 heavy (non-hydrogen) atoms. The lowest BCUT2D eigenvalue weighted by atomic mass is 10.2. The van der Waals surface area contributed by atoms with Crippen LogP contribution in [-0.2, 0) is 4.79 Å². The fourth-order valence-electron chi connectivity index (χ4n) is 2.89. The molecule has 4 nitrogen and oxygen atoms in total. The molecule has 0 radical (unpaired) electrons. The molecule has 1 amide bonds. The van der Waals surface area contributed by atoms with Gasteiger partial charge >= 0.3 is 0 Å². The number of amides is 1. The minimum atomic E-state index is 0.0495. The molecule has 2 aliphatic heterocycles. The summed E-state index contributed by atoms with van der Waals surface area (Å²) in [5, 5.41) is 3.48. The second-order valence-electron chi connectivity index (χ2n) is 5.42. The zero-order valence-corrected chi connectivity index (χ0v) is 13.0. The molecule has 2 fully saturated rings. The Morgan fingerprint density at radius 1 is 1.26 bits per heavy atom. The van der Waals surface area contributed by atoms with Crippen LogP contribution < -0.4 is 5.32 Å². The smallest absolute Gasteiger partial charge is 0.241 e. The molecule has 0 aliphatic carbocycles. The quantitative estimate of drug-likeness (QED) is 0.799. The first-order valence-electron chi connectivity index (χ1n) is 7.62. The van der Waals surface area contributed by atoms with Crippen LogP contribution in [0.3, 0.4) is 0 Å². The molecule has 2 aliphatic rings. The number of carbonyl (C=O) groups is 1. The highest BCUT2D eigenvalue weighted by Crippen LogP contribution is 2.17. The fraction of sp³-hybridized carbons (Fsp3) is 0.929. The van der Waals surface area contributed by atoms with Crippen molar-refractivity contribution in [1.29, 1.82) is 0 Å². The maximum absolute atomic E-state index is 12.3. The highest BCUT2D eigenvalue weighted by atomic mass is 32.2. The molecule has 0 aromatic rings. The van der Waals surface area contributed by atoms with Crippen LogP contribution in [0.25, 0.3) is 0 Å². The number of nitrogens with zero attached hydrogens (tertiary/aromatic N) is 2. The van der Waals surface area contributed by atoms with Crippen LogP contribution in [-0.4, -0.2) is 65.6 Å². The molecule has 5 heteroatoms. The molecule has 2 unspecified atom stereocenters. The summed E-state index contributed by atoms with van der Waals surface area (Å²) in [4.78, 5) is 16.9. The van der Waals surface area contributed by atoms with Crippen molar-refractivity contribution in [3.63, 3.8) is 0 Å². The molecular weight excluding hydrogens is 258 g/mol. The van der Waals surface area contributed by atoms with Crippen molar-refractivity contribution in [2.24, 2.45) is 0 Å². The Labute approximate surface area is 121 Å². The summed E-state index contributed by atoms with van der Waals surface area (Å²) >= 11 is 2.04. The molecule has 0 spiro atoms. The Balaban J connectivity index is 1.86. The van der Waals surface area contributed by atoms with Crippen LogP contribution in [0.1, 0.15) is 33.1 Å². The van der Waals surface area contributed by atoms with Crippen molar-refractivity contribution in [2.45, 2.75) is 45.3 Å². The van der Waals surface area contributed by atoms with Gasteiger partial charge in [0.25, 0.3) is 0 Å². The van der Waals surface area contributed by atoms with Crippen LogP contribution in [0.2, 0.25) is 0 Å². The summed E-state index contributed by atoms with van der Waals surface area (Å²) < 4.78 is 0. The molecule has 2 saturated heterocycles. The predicted octanol–water partition coefficient (Wildman–Crippen LogP) is 1.37. The Bertz CT molecular complexity index is 294. The maximum Gasteiger partial charge on any atom is 0.241 e. The summed E-state index contributed by atoms with van der Waals surface area (Å²) in [6, 6.07) is 0.0495. The average Bonchev–Trinajstić information content (AvgIpc) is 2.74. The normalized spacial score (nSPS) is 29.2. The van der Waals surface area contributed by atoms with Crippen molar-refractivity contribution < 1.29 is 4.79 Å². The molecule has 2 atom stereocenters. The minimum Gasteiger partial charge on any atom is -0.325 e. The topological polar surface area (TPSA) is 35.6 Å². The standard InChI is InChI=1S/C14H27N3OS/c1-3-5-13-15-12(4-2)14(18)17(13)7-6-16-8-10-19-11-9-16/h12-13,15H,3-11H2,1-2H3. The van der Waals surface area contributed by atoms with Gasteiger partial charge in [0.05, 0.1) is 12.2 Å². The van der Waals surface area contributed by atoms with E-state index >= 15 is 0 Å².